The van der Waals surface area contributed by atoms with Gasteiger partial charge in [0.2, 0.25) is 0 Å². The zero-order valence-electron chi connectivity index (χ0n) is 13.0. The summed E-state index contributed by atoms with van der Waals surface area (Å²) in [6, 6.07) is 6.39. The molecule has 1 aliphatic rings. The minimum Gasteiger partial charge on any atom is -0.381 e. The normalized spacial score (nSPS) is 15.8. The first-order valence-corrected chi connectivity index (χ1v) is 8.48. The van der Waals surface area contributed by atoms with Crippen LogP contribution < -0.4 is 5.32 Å². The van der Waals surface area contributed by atoms with Crippen molar-refractivity contribution in [2.45, 2.75) is 32.7 Å². The Kier molecular flexibility index (Phi) is 4.43. The molecule has 0 unspecified atom stereocenters. The summed E-state index contributed by atoms with van der Waals surface area (Å²) in [6.45, 7) is 5.70. The fourth-order valence-corrected chi connectivity index (χ4v) is 3.84. The Balaban J connectivity index is 1.57. The third-order valence-corrected chi connectivity index (χ3v) is 5.05. The van der Waals surface area contributed by atoms with Crippen molar-refractivity contribution in [3.8, 4) is 0 Å². The van der Waals surface area contributed by atoms with Gasteiger partial charge in [-0.3, -0.25) is 9.78 Å². The number of amides is 1. The van der Waals surface area contributed by atoms with Crippen LogP contribution in [0.1, 0.15) is 33.0 Å². The second kappa shape index (κ2) is 6.48. The Bertz CT molecular complexity index is 645. The molecule has 0 saturated carbocycles. The van der Waals surface area contributed by atoms with Crippen LogP contribution in [0.5, 0.6) is 0 Å². The number of nitrogens with zero attached hydrogens (tertiary/aromatic N) is 2. The molecule has 0 spiro atoms. The van der Waals surface area contributed by atoms with Crippen molar-refractivity contribution in [1.29, 1.82) is 0 Å². The highest BCUT2D eigenvalue weighted by molar-refractivity contribution is 7.12. The zero-order valence-corrected chi connectivity index (χ0v) is 13.8. The molecular formula is C17H21N3OS. The van der Waals surface area contributed by atoms with Gasteiger partial charge in [0.05, 0.1) is 11.3 Å². The highest BCUT2D eigenvalue weighted by Gasteiger charge is 2.25. The second-order valence-corrected chi connectivity index (χ2v) is 7.24. The van der Waals surface area contributed by atoms with Crippen molar-refractivity contribution in [3.63, 3.8) is 0 Å². The van der Waals surface area contributed by atoms with E-state index in [9.17, 15) is 4.79 Å². The highest BCUT2D eigenvalue weighted by Crippen LogP contribution is 2.24. The van der Waals surface area contributed by atoms with Crippen LogP contribution in [0.25, 0.3) is 0 Å². The first-order valence-electron chi connectivity index (χ1n) is 7.66. The van der Waals surface area contributed by atoms with Crippen LogP contribution in [-0.4, -0.2) is 34.9 Å². The van der Waals surface area contributed by atoms with E-state index in [0.29, 0.717) is 6.04 Å². The molecule has 4 nitrogen and oxygen atoms in total. The molecule has 1 fully saturated rings. The summed E-state index contributed by atoms with van der Waals surface area (Å²) >= 11 is 1.70. The second-order valence-electron chi connectivity index (χ2n) is 5.78. The van der Waals surface area contributed by atoms with E-state index in [1.807, 2.05) is 36.2 Å². The van der Waals surface area contributed by atoms with Gasteiger partial charge in [-0.2, -0.15) is 0 Å². The molecule has 1 saturated heterocycles. The highest BCUT2D eigenvalue weighted by atomic mass is 32.1. The lowest BCUT2D eigenvalue weighted by atomic mass is 10.0. The van der Waals surface area contributed by atoms with E-state index >= 15 is 0 Å². The van der Waals surface area contributed by atoms with Gasteiger partial charge in [0, 0.05) is 41.3 Å². The van der Waals surface area contributed by atoms with Crippen molar-refractivity contribution >= 4 is 22.9 Å². The number of likely N-dealkylation sites (tertiary alicyclic amines) is 1. The average Bonchev–Trinajstić information content (AvgIpc) is 2.87. The number of pyridine rings is 1. The number of aromatic nitrogens is 1. The van der Waals surface area contributed by atoms with Gasteiger partial charge < -0.3 is 10.2 Å². The average molecular weight is 315 g/mol. The number of nitrogens with one attached hydrogen (secondary N) is 1. The molecule has 1 aliphatic heterocycles. The largest absolute Gasteiger partial charge is 0.381 e. The molecule has 5 heteroatoms. The number of carbonyl (C=O) groups is 1. The molecule has 3 rings (SSSR count). The van der Waals surface area contributed by atoms with Gasteiger partial charge in [0.25, 0.3) is 5.91 Å². The molecule has 22 heavy (non-hydrogen) atoms. The summed E-state index contributed by atoms with van der Waals surface area (Å²) in [5.74, 6) is 0.182. The van der Waals surface area contributed by atoms with Crippen LogP contribution in [-0.2, 0) is 0 Å². The van der Waals surface area contributed by atoms with E-state index in [0.717, 1.165) is 42.1 Å². The Morgan fingerprint density at radius 2 is 2.14 bits per heavy atom. The molecule has 116 valence electrons. The van der Waals surface area contributed by atoms with Gasteiger partial charge >= 0.3 is 0 Å². The third-order valence-electron chi connectivity index (χ3n) is 4.09. The summed E-state index contributed by atoms with van der Waals surface area (Å²) in [7, 11) is 0. The van der Waals surface area contributed by atoms with Crippen LogP contribution in [0.2, 0.25) is 0 Å². The van der Waals surface area contributed by atoms with Crippen LogP contribution in [0, 0.1) is 13.8 Å². The minimum atomic E-state index is 0.182. The Hall–Kier alpha value is -1.88. The quantitative estimate of drug-likeness (QED) is 0.943. The molecule has 0 aromatic carbocycles. The van der Waals surface area contributed by atoms with Crippen LogP contribution in [0.3, 0.4) is 0 Å². The molecule has 0 aliphatic carbocycles. The summed E-state index contributed by atoms with van der Waals surface area (Å²) < 4.78 is 0. The monoisotopic (exact) mass is 315 g/mol. The molecule has 0 bridgehead atoms. The fourth-order valence-electron chi connectivity index (χ4n) is 2.92. The van der Waals surface area contributed by atoms with E-state index in [-0.39, 0.29) is 5.91 Å². The maximum Gasteiger partial charge on any atom is 0.254 e. The standard InChI is InChI=1S/C17H21N3OS/c1-12-10-16(13(2)22-12)17(21)20-8-5-14(6-9-20)19-15-4-3-7-18-11-15/h3-4,7,10-11,14,19H,5-6,8-9H2,1-2H3. The molecule has 1 amide bonds. The van der Waals surface area contributed by atoms with Crippen molar-refractivity contribution in [3.05, 3.63) is 45.9 Å². The lowest BCUT2D eigenvalue weighted by Crippen LogP contribution is -2.42. The number of hydrogen-bond acceptors (Lipinski definition) is 4. The van der Waals surface area contributed by atoms with Gasteiger partial charge in [-0.1, -0.05) is 0 Å². The third kappa shape index (κ3) is 3.30. The summed E-state index contributed by atoms with van der Waals surface area (Å²) in [6.07, 6.45) is 5.57. The van der Waals surface area contributed by atoms with E-state index in [4.69, 9.17) is 0 Å². The van der Waals surface area contributed by atoms with Crippen molar-refractivity contribution in [2.24, 2.45) is 0 Å². The predicted octanol–water partition coefficient (Wildman–Crippen LogP) is 3.48. The molecule has 0 radical (unpaired) electrons. The van der Waals surface area contributed by atoms with Crippen molar-refractivity contribution in [2.75, 3.05) is 18.4 Å². The van der Waals surface area contributed by atoms with Crippen LogP contribution in [0.4, 0.5) is 5.69 Å². The number of aryl methyl sites for hydroxylation is 2. The first kappa shape index (κ1) is 15.0. The smallest absolute Gasteiger partial charge is 0.254 e. The number of anilines is 1. The minimum absolute atomic E-state index is 0.182. The van der Waals surface area contributed by atoms with Gasteiger partial charge in [0.15, 0.2) is 0 Å². The van der Waals surface area contributed by atoms with Crippen molar-refractivity contribution < 1.29 is 4.79 Å². The number of hydrogen-bond donors (Lipinski definition) is 1. The molecule has 0 atom stereocenters. The van der Waals surface area contributed by atoms with Crippen LogP contribution in [0.15, 0.2) is 30.6 Å². The maximum absolute atomic E-state index is 12.6. The number of carbonyl (C=O) groups excluding carboxylic acids is 1. The fraction of sp³-hybridized carbons (Fsp3) is 0.412. The van der Waals surface area contributed by atoms with Gasteiger partial charge in [-0.25, -0.2) is 0 Å². The lowest BCUT2D eigenvalue weighted by molar-refractivity contribution is 0.0718. The SMILES string of the molecule is Cc1cc(C(=O)N2CCC(Nc3cccnc3)CC2)c(C)s1. The zero-order chi connectivity index (χ0) is 15.5. The summed E-state index contributed by atoms with van der Waals surface area (Å²) in [5, 5.41) is 3.50. The molecular weight excluding hydrogens is 294 g/mol. The van der Waals surface area contributed by atoms with Gasteiger partial charge in [-0.05, 0) is 44.9 Å². The van der Waals surface area contributed by atoms with E-state index < -0.39 is 0 Å². The van der Waals surface area contributed by atoms with Gasteiger partial charge in [-0.15, -0.1) is 11.3 Å². The summed E-state index contributed by atoms with van der Waals surface area (Å²) in [5.41, 5.74) is 1.93. The molecule has 3 heterocycles. The molecule has 2 aromatic rings. The number of rotatable bonds is 3. The van der Waals surface area contributed by atoms with E-state index in [2.05, 4.69) is 17.2 Å². The van der Waals surface area contributed by atoms with Gasteiger partial charge in [0.1, 0.15) is 0 Å². The molecule has 1 N–H and O–H groups in total. The first-order chi connectivity index (χ1) is 10.6. The Labute approximate surface area is 135 Å². The Morgan fingerprint density at radius 1 is 1.36 bits per heavy atom. The topological polar surface area (TPSA) is 45.2 Å². The van der Waals surface area contributed by atoms with Crippen molar-refractivity contribution in [1.82, 2.24) is 9.88 Å². The molecule has 2 aromatic heterocycles. The van der Waals surface area contributed by atoms with E-state index in [1.54, 1.807) is 17.5 Å². The lowest BCUT2D eigenvalue weighted by Gasteiger charge is -2.32. The Morgan fingerprint density at radius 3 is 2.73 bits per heavy atom. The summed E-state index contributed by atoms with van der Waals surface area (Å²) in [4.78, 5) is 21.0. The number of piperidine rings is 1. The maximum atomic E-state index is 12.6. The van der Waals surface area contributed by atoms with E-state index in [1.165, 1.54) is 4.88 Å². The van der Waals surface area contributed by atoms with Crippen LogP contribution >= 0.6 is 11.3 Å². The number of thiophene rings is 1. The predicted molar refractivity (Wildman–Crippen MR) is 90.6 cm³/mol.